The molecule has 1 aromatic rings. The number of hydrogen-bond acceptors (Lipinski definition) is 5. The zero-order valence-electron chi connectivity index (χ0n) is 11.5. The van der Waals surface area contributed by atoms with Gasteiger partial charge in [0.2, 0.25) is 0 Å². The van der Waals surface area contributed by atoms with Crippen LogP contribution in [-0.4, -0.2) is 31.9 Å². The van der Waals surface area contributed by atoms with Gasteiger partial charge in [0.15, 0.2) is 0 Å². The molecule has 3 unspecified atom stereocenters. The van der Waals surface area contributed by atoms with E-state index in [9.17, 15) is 0 Å². The molecule has 1 N–H and O–H groups in total. The Balaban J connectivity index is 2.11. The lowest BCUT2D eigenvalue weighted by atomic mass is 10.0. The van der Waals surface area contributed by atoms with Gasteiger partial charge in [0.05, 0.1) is 17.8 Å². The second-order valence-corrected chi connectivity index (χ2v) is 5.78. The lowest BCUT2D eigenvalue weighted by Crippen LogP contribution is -2.23. The third-order valence-electron chi connectivity index (χ3n) is 3.88. The Labute approximate surface area is 113 Å². The monoisotopic (exact) mass is 270 g/mol. The van der Waals surface area contributed by atoms with E-state index in [-0.39, 0.29) is 5.60 Å². The van der Waals surface area contributed by atoms with E-state index in [2.05, 4.69) is 24.5 Å². The third-order valence-corrected chi connectivity index (χ3v) is 4.99. The van der Waals surface area contributed by atoms with E-state index >= 15 is 0 Å². The Kier molecular flexibility index (Phi) is 4.37. The molecule has 1 fully saturated rings. The Morgan fingerprint density at radius 3 is 2.89 bits per heavy atom. The molecule has 0 aromatic carbocycles. The summed E-state index contributed by atoms with van der Waals surface area (Å²) in [5.74, 6) is 0. The molecular formula is C13H22N2O2S. The predicted molar refractivity (Wildman–Crippen MR) is 72.9 cm³/mol. The minimum atomic E-state index is -0.262. The molecule has 0 amide bonds. The van der Waals surface area contributed by atoms with Crippen LogP contribution in [0.4, 0.5) is 0 Å². The van der Waals surface area contributed by atoms with Gasteiger partial charge < -0.3 is 14.8 Å². The fourth-order valence-electron chi connectivity index (χ4n) is 2.18. The lowest BCUT2D eigenvalue weighted by molar-refractivity contribution is -0.00171. The second-order valence-electron chi connectivity index (χ2n) is 4.92. The maximum absolute atomic E-state index is 5.59. The van der Waals surface area contributed by atoms with Crippen LogP contribution in [0.1, 0.15) is 43.4 Å². The largest absolute Gasteiger partial charge is 0.380 e. The van der Waals surface area contributed by atoms with Crippen LogP contribution in [0, 0.1) is 0 Å². The summed E-state index contributed by atoms with van der Waals surface area (Å²) in [6, 6.07) is 0.318. The second kappa shape index (κ2) is 5.65. The van der Waals surface area contributed by atoms with Crippen molar-refractivity contribution in [2.75, 3.05) is 20.8 Å². The van der Waals surface area contributed by atoms with Crippen LogP contribution in [0.3, 0.4) is 0 Å². The summed E-state index contributed by atoms with van der Waals surface area (Å²) in [4.78, 5) is 4.75. The number of hydrogen-bond donors (Lipinski definition) is 1. The van der Waals surface area contributed by atoms with Crippen LogP contribution in [0.5, 0.6) is 0 Å². The van der Waals surface area contributed by atoms with Gasteiger partial charge in [0.25, 0.3) is 0 Å². The molecule has 1 saturated heterocycles. The van der Waals surface area contributed by atoms with Crippen molar-refractivity contribution in [1.82, 2.24) is 10.3 Å². The summed E-state index contributed by atoms with van der Waals surface area (Å²) in [6.45, 7) is 5.12. The number of rotatable bonds is 5. The molecule has 0 aliphatic carbocycles. The highest BCUT2D eigenvalue weighted by Crippen LogP contribution is 2.33. The maximum Gasteiger partial charge on any atom is 0.125 e. The lowest BCUT2D eigenvalue weighted by Gasteiger charge is -2.23. The van der Waals surface area contributed by atoms with Crippen molar-refractivity contribution < 1.29 is 9.47 Å². The van der Waals surface area contributed by atoms with Crippen molar-refractivity contribution >= 4 is 11.3 Å². The Morgan fingerprint density at radius 1 is 1.56 bits per heavy atom. The SMILES string of the molecule is CCC(C)(OC)c1nc(C2CC(OC)CN2)cs1. The van der Waals surface area contributed by atoms with Crippen molar-refractivity contribution in [3.8, 4) is 0 Å². The summed E-state index contributed by atoms with van der Waals surface area (Å²) in [5.41, 5.74) is 0.855. The molecule has 3 atom stereocenters. The van der Waals surface area contributed by atoms with Gasteiger partial charge in [-0.15, -0.1) is 11.3 Å². The van der Waals surface area contributed by atoms with Crippen molar-refractivity contribution in [2.45, 2.75) is 44.4 Å². The average molecular weight is 270 g/mol. The number of aromatic nitrogens is 1. The highest BCUT2D eigenvalue weighted by molar-refractivity contribution is 7.09. The topological polar surface area (TPSA) is 43.4 Å². The summed E-state index contributed by atoms with van der Waals surface area (Å²) in [7, 11) is 3.51. The zero-order valence-corrected chi connectivity index (χ0v) is 12.3. The molecule has 0 saturated carbocycles. The standard InChI is InChI=1S/C13H22N2O2S/c1-5-13(2,17-4)12-15-11(8-18-12)10-6-9(16-3)7-14-10/h8-10,14H,5-7H2,1-4H3. The Bertz CT molecular complexity index is 390. The number of nitrogens with one attached hydrogen (secondary N) is 1. The third kappa shape index (κ3) is 2.59. The molecule has 18 heavy (non-hydrogen) atoms. The molecule has 1 aliphatic rings. The minimum Gasteiger partial charge on any atom is -0.380 e. The van der Waals surface area contributed by atoms with Crippen molar-refractivity contribution in [1.29, 1.82) is 0 Å². The summed E-state index contributed by atoms with van der Waals surface area (Å²) in [6.07, 6.45) is 2.23. The smallest absolute Gasteiger partial charge is 0.125 e. The maximum atomic E-state index is 5.59. The van der Waals surface area contributed by atoms with Crippen LogP contribution in [0.15, 0.2) is 5.38 Å². The van der Waals surface area contributed by atoms with E-state index < -0.39 is 0 Å². The van der Waals surface area contributed by atoms with Crippen LogP contribution < -0.4 is 5.32 Å². The van der Waals surface area contributed by atoms with Gasteiger partial charge in [0, 0.05) is 26.1 Å². The molecule has 1 aliphatic heterocycles. The van der Waals surface area contributed by atoms with Crippen molar-refractivity contribution in [2.24, 2.45) is 0 Å². The molecule has 2 heterocycles. The highest BCUT2D eigenvalue weighted by atomic mass is 32.1. The van der Waals surface area contributed by atoms with E-state index in [1.165, 1.54) is 0 Å². The highest BCUT2D eigenvalue weighted by Gasteiger charge is 2.31. The fraction of sp³-hybridized carbons (Fsp3) is 0.769. The van der Waals surface area contributed by atoms with Crippen LogP contribution in [0.2, 0.25) is 0 Å². The number of thiazole rings is 1. The van der Waals surface area contributed by atoms with Gasteiger partial charge in [-0.25, -0.2) is 4.98 Å². The molecular weight excluding hydrogens is 248 g/mol. The van der Waals surface area contributed by atoms with Gasteiger partial charge in [-0.05, 0) is 19.8 Å². The summed E-state index contributed by atoms with van der Waals surface area (Å²) >= 11 is 1.68. The number of methoxy groups -OCH3 is 2. The van der Waals surface area contributed by atoms with E-state index in [1.54, 1.807) is 25.6 Å². The van der Waals surface area contributed by atoms with E-state index in [0.717, 1.165) is 30.1 Å². The van der Waals surface area contributed by atoms with Crippen molar-refractivity contribution in [3.63, 3.8) is 0 Å². The van der Waals surface area contributed by atoms with E-state index in [1.807, 2.05) is 0 Å². The first-order valence-corrected chi connectivity index (χ1v) is 7.28. The van der Waals surface area contributed by atoms with E-state index in [0.29, 0.717) is 12.1 Å². The van der Waals surface area contributed by atoms with Gasteiger partial charge in [-0.3, -0.25) is 0 Å². The first kappa shape index (κ1) is 13.9. The van der Waals surface area contributed by atoms with Crippen LogP contribution in [-0.2, 0) is 15.1 Å². The first-order chi connectivity index (χ1) is 8.62. The Morgan fingerprint density at radius 2 is 2.33 bits per heavy atom. The molecule has 2 rings (SSSR count). The molecule has 4 nitrogen and oxygen atoms in total. The van der Waals surface area contributed by atoms with E-state index in [4.69, 9.17) is 14.5 Å². The van der Waals surface area contributed by atoms with Crippen molar-refractivity contribution in [3.05, 3.63) is 16.1 Å². The molecule has 0 spiro atoms. The number of nitrogens with zero attached hydrogens (tertiary/aromatic N) is 1. The van der Waals surface area contributed by atoms with Crippen LogP contribution >= 0.6 is 11.3 Å². The predicted octanol–water partition coefficient (Wildman–Crippen LogP) is 2.46. The van der Waals surface area contributed by atoms with Gasteiger partial charge in [0.1, 0.15) is 10.6 Å². The van der Waals surface area contributed by atoms with Gasteiger partial charge >= 0.3 is 0 Å². The molecule has 5 heteroatoms. The number of ether oxygens (including phenoxy) is 2. The molecule has 102 valence electrons. The Hall–Kier alpha value is -0.490. The minimum absolute atomic E-state index is 0.262. The normalized spacial score (nSPS) is 27.3. The fourth-order valence-corrected chi connectivity index (χ4v) is 3.26. The quantitative estimate of drug-likeness (QED) is 0.892. The van der Waals surface area contributed by atoms with Crippen LogP contribution in [0.25, 0.3) is 0 Å². The van der Waals surface area contributed by atoms with Gasteiger partial charge in [-0.1, -0.05) is 6.92 Å². The molecule has 1 aromatic heterocycles. The molecule has 0 radical (unpaired) electrons. The molecule has 0 bridgehead atoms. The first-order valence-electron chi connectivity index (χ1n) is 6.40. The van der Waals surface area contributed by atoms with Gasteiger partial charge in [-0.2, -0.15) is 0 Å². The summed E-state index contributed by atoms with van der Waals surface area (Å²) in [5, 5.41) is 6.65. The summed E-state index contributed by atoms with van der Waals surface area (Å²) < 4.78 is 11.0. The average Bonchev–Trinajstić information content (AvgIpc) is 3.05. The zero-order chi connectivity index (χ0) is 13.2.